The van der Waals surface area contributed by atoms with Crippen LogP contribution >= 0.6 is 11.8 Å². The van der Waals surface area contributed by atoms with Crippen LogP contribution in [0.5, 0.6) is 0 Å². The van der Waals surface area contributed by atoms with Gasteiger partial charge in [0, 0.05) is 23.6 Å². The molecule has 2 aliphatic rings. The first-order valence-electron chi connectivity index (χ1n) is 5.85. The number of carbonyl (C=O) groups is 1. The van der Waals surface area contributed by atoms with E-state index < -0.39 is 0 Å². The van der Waals surface area contributed by atoms with Crippen molar-refractivity contribution in [2.45, 2.75) is 44.0 Å². The summed E-state index contributed by atoms with van der Waals surface area (Å²) in [4.78, 5) is 14.3. The number of amides is 1. The van der Waals surface area contributed by atoms with Gasteiger partial charge in [-0.2, -0.15) is 11.8 Å². The molecule has 15 heavy (non-hydrogen) atoms. The predicted molar refractivity (Wildman–Crippen MR) is 64.1 cm³/mol. The highest BCUT2D eigenvalue weighted by atomic mass is 32.2. The molecule has 0 radical (unpaired) electrons. The van der Waals surface area contributed by atoms with Gasteiger partial charge in [-0.25, -0.2) is 0 Å². The number of carbonyl (C=O) groups excluding carboxylic acids is 1. The van der Waals surface area contributed by atoms with Crippen LogP contribution in [0.3, 0.4) is 0 Å². The molecule has 4 heteroatoms. The zero-order valence-corrected chi connectivity index (χ0v) is 10.3. The maximum absolute atomic E-state index is 12.2. The molecule has 2 rings (SSSR count). The zero-order valence-electron chi connectivity index (χ0n) is 9.53. The second-order valence-corrected chi connectivity index (χ2v) is 5.98. The van der Waals surface area contributed by atoms with E-state index >= 15 is 0 Å². The summed E-state index contributed by atoms with van der Waals surface area (Å²) in [6.07, 6.45) is 2.16. The molecule has 0 bridgehead atoms. The molecule has 0 aromatic carbocycles. The van der Waals surface area contributed by atoms with E-state index in [0.29, 0.717) is 17.2 Å². The fraction of sp³-hybridized carbons (Fsp3) is 0.909. The second-order valence-electron chi connectivity index (χ2n) is 4.50. The minimum absolute atomic E-state index is 0.0998. The van der Waals surface area contributed by atoms with Gasteiger partial charge in [0.25, 0.3) is 0 Å². The van der Waals surface area contributed by atoms with Crippen LogP contribution < -0.4 is 5.32 Å². The number of thioether (sulfide) groups is 1. The van der Waals surface area contributed by atoms with Gasteiger partial charge in [0.1, 0.15) is 0 Å². The summed E-state index contributed by atoms with van der Waals surface area (Å²) in [5, 5.41) is 3.86. The Balaban J connectivity index is 1.98. The van der Waals surface area contributed by atoms with Gasteiger partial charge in [0.05, 0.1) is 6.04 Å². The van der Waals surface area contributed by atoms with E-state index in [1.807, 2.05) is 11.8 Å². The molecule has 3 nitrogen and oxygen atoms in total. The second kappa shape index (κ2) is 4.74. The van der Waals surface area contributed by atoms with Crippen LogP contribution in [0.2, 0.25) is 0 Å². The Morgan fingerprint density at radius 3 is 2.93 bits per heavy atom. The first-order chi connectivity index (χ1) is 7.20. The molecule has 2 fully saturated rings. The summed E-state index contributed by atoms with van der Waals surface area (Å²) < 4.78 is 0. The van der Waals surface area contributed by atoms with Crippen molar-refractivity contribution in [3.8, 4) is 0 Å². The summed E-state index contributed by atoms with van der Waals surface area (Å²) in [5.74, 6) is 1.41. The number of nitrogens with one attached hydrogen (secondary N) is 1. The van der Waals surface area contributed by atoms with Gasteiger partial charge in [-0.15, -0.1) is 0 Å². The maximum Gasteiger partial charge on any atom is 0.240 e. The van der Waals surface area contributed by atoms with Gasteiger partial charge in [-0.1, -0.05) is 6.92 Å². The number of rotatable bonds is 1. The third kappa shape index (κ3) is 2.31. The van der Waals surface area contributed by atoms with E-state index in [2.05, 4.69) is 24.1 Å². The average Bonchev–Trinajstić information content (AvgIpc) is 2.74. The fourth-order valence-corrected chi connectivity index (χ4v) is 3.44. The molecule has 0 aromatic rings. The van der Waals surface area contributed by atoms with Gasteiger partial charge in [0.15, 0.2) is 0 Å². The van der Waals surface area contributed by atoms with Crippen LogP contribution in [-0.2, 0) is 4.79 Å². The lowest BCUT2D eigenvalue weighted by Crippen LogP contribution is -2.53. The molecule has 1 N–H and O–H groups in total. The largest absolute Gasteiger partial charge is 0.337 e. The third-order valence-corrected chi connectivity index (χ3v) is 4.86. The summed E-state index contributed by atoms with van der Waals surface area (Å²) in [5.41, 5.74) is 0. The predicted octanol–water partition coefficient (Wildman–Crippen LogP) is 1.09. The topological polar surface area (TPSA) is 32.3 Å². The Morgan fingerprint density at radius 1 is 1.47 bits per heavy atom. The molecule has 2 aliphatic heterocycles. The Labute approximate surface area is 96.0 Å². The third-order valence-electron chi connectivity index (χ3n) is 3.53. The fourth-order valence-electron chi connectivity index (χ4n) is 2.34. The SMILES string of the molecule is CC1SCCN(C(=O)[C@H]2CCCN2)C1C. The Kier molecular flexibility index (Phi) is 3.57. The maximum atomic E-state index is 12.2. The summed E-state index contributed by atoms with van der Waals surface area (Å²) in [6.45, 7) is 6.32. The molecule has 3 atom stereocenters. The van der Waals surface area contributed by atoms with Crippen LogP contribution in [0.4, 0.5) is 0 Å². The molecule has 0 spiro atoms. The van der Waals surface area contributed by atoms with Crippen LogP contribution in [0, 0.1) is 0 Å². The smallest absolute Gasteiger partial charge is 0.240 e. The zero-order chi connectivity index (χ0) is 10.8. The summed E-state index contributed by atoms with van der Waals surface area (Å²) in [6, 6.07) is 0.487. The van der Waals surface area contributed by atoms with E-state index in [4.69, 9.17) is 0 Å². The van der Waals surface area contributed by atoms with Crippen LogP contribution in [0.1, 0.15) is 26.7 Å². The molecule has 86 valence electrons. The molecule has 0 saturated carbocycles. The summed E-state index contributed by atoms with van der Waals surface area (Å²) >= 11 is 1.98. The molecule has 0 aliphatic carbocycles. The highest BCUT2D eigenvalue weighted by molar-refractivity contribution is 8.00. The van der Waals surface area contributed by atoms with E-state index in [-0.39, 0.29) is 6.04 Å². The normalized spacial score (nSPS) is 36.9. The van der Waals surface area contributed by atoms with Crippen molar-refractivity contribution in [2.24, 2.45) is 0 Å². The van der Waals surface area contributed by atoms with Crippen molar-refractivity contribution in [1.82, 2.24) is 10.2 Å². The van der Waals surface area contributed by atoms with Crippen molar-refractivity contribution in [2.75, 3.05) is 18.8 Å². The number of hydrogen-bond donors (Lipinski definition) is 1. The first-order valence-corrected chi connectivity index (χ1v) is 6.90. The van der Waals surface area contributed by atoms with E-state index in [1.165, 1.54) is 0 Å². The monoisotopic (exact) mass is 228 g/mol. The molecule has 2 heterocycles. The lowest BCUT2D eigenvalue weighted by Gasteiger charge is -2.38. The number of nitrogens with zero attached hydrogens (tertiary/aromatic N) is 1. The molecule has 2 saturated heterocycles. The molecule has 1 amide bonds. The Morgan fingerprint density at radius 2 is 2.27 bits per heavy atom. The van der Waals surface area contributed by atoms with Crippen molar-refractivity contribution in [3.05, 3.63) is 0 Å². The Hall–Kier alpha value is -0.220. The van der Waals surface area contributed by atoms with Crippen molar-refractivity contribution in [1.29, 1.82) is 0 Å². The lowest BCUT2D eigenvalue weighted by atomic mass is 10.1. The Bertz CT molecular complexity index is 241. The minimum atomic E-state index is 0.0998. The van der Waals surface area contributed by atoms with Gasteiger partial charge in [-0.05, 0) is 26.3 Å². The summed E-state index contributed by atoms with van der Waals surface area (Å²) in [7, 11) is 0. The van der Waals surface area contributed by atoms with E-state index in [9.17, 15) is 4.79 Å². The van der Waals surface area contributed by atoms with Gasteiger partial charge >= 0.3 is 0 Å². The quantitative estimate of drug-likeness (QED) is 0.729. The van der Waals surface area contributed by atoms with Crippen LogP contribution in [0.15, 0.2) is 0 Å². The minimum Gasteiger partial charge on any atom is -0.337 e. The molecule has 2 unspecified atom stereocenters. The van der Waals surface area contributed by atoms with E-state index in [0.717, 1.165) is 31.7 Å². The first kappa shape index (κ1) is 11.3. The van der Waals surface area contributed by atoms with Crippen LogP contribution in [-0.4, -0.2) is 47.0 Å². The highest BCUT2D eigenvalue weighted by Crippen LogP contribution is 2.25. The van der Waals surface area contributed by atoms with Gasteiger partial charge in [0.2, 0.25) is 5.91 Å². The van der Waals surface area contributed by atoms with Crippen LogP contribution in [0.25, 0.3) is 0 Å². The molecule has 0 aromatic heterocycles. The van der Waals surface area contributed by atoms with Crippen molar-refractivity contribution >= 4 is 17.7 Å². The van der Waals surface area contributed by atoms with Crippen molar-refractivity contribution < 1.29 is 4.79 Å². The highest BCUT2D eigenvalue weighted by Gasteiger charge is 2.33. The lowest BCUT2D eigenvalue weighted by molar-refractivity contribution is -0.135. The number of hydrogen-bond acceptors (Lipinski definition) is 3. The van der Waals surface area contributed by atoms with E-state index in [1.54, 1.807) is 0 Å². The van der Waals surface area contributed by atoms with Gasteiger partial charge in [-0.3, -0.25) is 4.79 Å². The van der Waals surface area contributed by atoms with Crippen molar-refractivity contribution in [3.63, 3.8) is 0 Å². The molecular weight excluding hydrogens is 208 g/mol. The van der Waals surface area contributed by atoms with Gasteiger partial charge < -0.3 is 10.2 Å². The average molecular weight is 228 g/mol. The molecular formula is C11H20N2OS. The standard InChI is InChI=1S/C11H20N2OS/c1-8-9(2)15-7-6-13(8)11(14)10-4-3-5-12-10/h8-10,12H,3-7H2,1-2H3/t8?,9?,10-/m1/s1.